The molecule has 1 aliphatic heterocycles. The Kier molecular flexibility index (Phi) is 5.71. The monoisotopic (exact) mass is 495 g/mol. The minimum Gasteiger partial charge on any atom is -0.421 e. The number of hydrogen-bond donors (Lipinski definition) is 4. The molecule has 0 bridgehead atoms. The van der Waals surface area contributed by atoms with Gasteiger partial charge in [-0.15, -0.1) is 0 Å². The molecule has 0 atom stereocenters. The van der Waals surface area contributed by atoms with E-state index >= 15 is 4.39 Å². The van der Waals surface area contributed by atoms with Crippen LogP contribution in [0.1, 0.15) is 43.0 Å². The quantitative estimate of drug-likeness (QED) is 0.289. The number of halogens is 2. The fourth-order valence-electron chi connectivity index (χ4n) is 4.67. The van der Waals surface area contributed by atoms with E-state index in [-0.39, 0.29) is 35.2 Å². The van der Waals surface area contributed by atoms with Crippen LogP contribution in [0.4, 0.5) is 26.2 Å². The highest BCUT2D eigenvalue weighted by atomic mass is 19.1. The van der Waals surface area contributed by atoms with Crippen LogP contribution in [0.25, 0.3) is 10.9 Å². The molecule has 4 N–H and O–H groups in total. The van der Waals surface area contributed by atoms with Crippen molar-refractivity contribution in [3.05, 3.63) is 47.3 Å². The number of ether oxygens (including phenoxy) is 1. The summed E-state index contributed by atoms with van der Waals surface area (Å²) in [6.45, 7) is 3.29. The van der Waals surface area contributed by atoms with E-state index in [1.54, 1.807) is 13.0 Å². The molecule has 36 heavy (non-hydrogen) atoms. The van der Waals surface area contributed by atoms with Crippen molar-refractivity contribution in [3.63, 3.8) is 0 Å². The highest BCUT2D eigenvalue weighted by Crippen LogP contribution is 2.40. The molecule has 188 valence electrons. The van der Waals surface area contributed by atoms with Gasteiger partial charge in [0, 0.05) is 60.6 Å². The van der Waals surface area contributed by atoms with Crippen LogP contribution in [0.15, 0.2) is 24.3 Å². The number of rotatable bonds is 7. The molecule has 2 fully saturated rings. The molecule has 3 aromatic heterocycles. The highest BCUT2D eigenvalue weighted by molar-refractivity contribution is 5.83. The molecular weight excluding hydrogens is 468 g/mol. The third kappa shape index (κ3) is 4.46. The first-order valence-electron chi connectivity index (χ1n) is 12.2. The number of aromatic nitrogens is 5. The predicted octanol–water partition coefficient (Wildman–Crippen LogP) is 4.89. The van der Waals surface area contributed by atoms with E-state index in [1.807, 2.05) is 6.07 Å². The maximum Gasteiger partial charge on any atom is 0.326 e. The molecule has 6 rings (SSSR count). The van der Waals surface area contributed by atoms with E-state index in [4.69, 9.17) is 4.74 Å². The Morgan fingerprint density at radius 2 is 1.89 bits per heavy atom. The minimum atomic E-state index is -0.690. The zero-order valence-corrected chi connectivity index (χ0v) is 19.8. The van der Waals surface area contributed by atoms with E-state index in [1.165, 1.54) is 6.07 Å². The molecule has 1 saturated heterocycles. The second-order valence-corrected chi connectivity index (χ2v) is 9.63. The van der Waals surface area contributed by atoms with E-state index in [9.17, 15) is 9.50 Å². The lowest BCUT2D eigenvalue weighted by atomic mass is 9.98. The van der Waals surface area contributed by atoms with Gasteiger partial charge in [-0.2, -0.15) is 15.1 Å². The van der Waals surface area contributed by atoms with Gasteiger partial charge in [0.05, 0.1) is 5.52 Å². The van der Waals surface area contributed by atoms with Gasteiger partial charge in [-0.05, 0) is 44.6 Å². The lowest BCUT2D eigenvalue weighted by Crippen LogP contribution is -2.35. The summed E-state index contributed by atoms with van der Waals surface area (Å²) in [7, 11) is 0. The summed E-state index contributed by atoms with van der Waals surface area (Å²) in [6, 6.07) is 6.16. The number of aliphatic hydroxyl groups is 1. The number of nitrogens with one attached hydrogen (secondary N) is 3. The molecular formula is C25H27F2N7O2. The zero-order valence-electron chi connectivity index (χ0n) is 19.8. The maximum absolute atomic E-state index is 15.2. The minimum absolute atomic E-state index is 0.0890. The summed E-state index contributed by atoms with van der Waals surface area (Å²) in [4.78, 5) is 13.8. The van der Waals surface area contributed by atoms with Gasteiger partial charge in [0.2, 0.25) is 0 Å². The lowest BCUT2D eigenvalue weighted by molar-refractivity contribution is 0.202. The molecule has 1 aliphatic carbocycles. The first-order chi connectivity index (χ1) is 17.5. The normalized spacial score (nSPS) is 16.6. The van der Waals surface area contributed by atoms with Crippen molar-refractivity contribution in [2.45, 2.75) is 38.5 Å². The number of hydrogen-bond acceptors (Lipinski definition) is 7. The van der Waals surface area contributed by atoms with Crippen molar-refractivity contribution in [3.8, 4) is 11.8 Å². The Bertz CT molecular complexity index is 1410. The second kappa shape index (κ2) is 9.05. The summed E-state index contributed by atoms with van der Waals surface area (Å²) in [6.07, 6.45) is 3.95. The summed E-state index contributed by atoms with van der Waals surface area (Å²) in [5, 5.41) is 20.1. The maximum atomic E-state index is 15.2. The van der Waals surface area contributed by atoms with Crippen molar-refractivity contribution in [1.82, 2.24) is 25.1 Å². The largest absolute Gasteiger partial charge is 0.421 e. The summed E-state index contributed by atoms with van der Waals surface area (Å²) >= 11 is 0. The molecule has 1 aromatic carbocycles. The van der Waals surface area contributed by atoms with Crippen molar-refractivity contribution in [2.75, 3.05) is 29.9 Å². The number of anilines is 3. The smallest absolute Gasteiger partial charge is 0.326 e. The van der Waals surface area contributed by atoms with Crippen LogP contribution in [-0.4, -0.2) is 50.0 Å². The van der Waals surface area contributed by atoms with Gasteiger partial charge in [0.15, 0.2) is 23.2 Å². The number of fused-ring (bicyclic) bond motifs is 1. The van der Waals surface area contributed by atoms with Gasteiger partial charge in [-0.25, -0.2) is 8.78 Å². The van der Waals surface area contributed by atoms with Crippen LogP contribution in [0.3, 0.4) is 0 Å². The first kappa shape index (κ1) is 22.7. The number of H-pyrrole nitrogens is 2. The average Bonchev–Trinajstić information content (AvgIpc) is 3.49. The Morgan fingerprint density at radius 1 is 1.08 bits per heavy atom. The van der Waals surface area contributed by atoms with Crippen molar-refractivity contribution < 1.29 is 18.6 Å². The van der Waals surface area contributed by atoms with Crippen molar-refractivity contribution in [1.29, 1.82) is 0 Å². The molecule has 11 heteroatoms. The Morgan fingerprint density at radius 3 is 2.64 bits per heavy atom. The van der Waals surface area contributed by atoms with Crippen LogP contribution in [0, 0.1) is 24.5 Å². The van der Waals surface area contributed by atoms with Gasteiger partial charge in [0.1, 0.15) is 11.6 Å². The van der Waals surface area contributed by atoms with Crippen molar-refractivity contribution in [2.24, 2.45) is 5.92 Å². The Labute approximate surface area is 205 Å². The van der Waals surface area contributed by atoms with E-state index < -0.39 is 11.6 Å². The number of nitrogens with zero attached hydrogens (tertiary/aromatic N) is 4. The summed E-state index contributed by atoms with van der Waals surface area (Å²) < 4.78 is 35.6. The van der Waals surface area contributed by atoms with Crippen LogP contribution < -0.4 is 15.0 Å². The average molecular weight is 496 g/mol. The lowest BCUT2D eigenvalue weighted by Gasteiger charge is -2.32. The molecule has 0 unspecified atom stereocenters. The molecule has 0 radical (unpaired) electrons. The Balaban J connectivity index is 1.33. The fourth-order valence-corrected chi connectivity index (χ4v) is 4.67. The van der Waals surface area contributed by atoms with Gasteiger partial charge in [-0.1, -0.05) is 0 Å². The fraction of sp³-hybridized carbons (Fsp3) is 0.400. The molecule has 2 aliphatic rings. The van der Waals surface area contributed by atoms with Gasteiger partial charge in [0.25, 0.3) is 0 Å². The first-order valence-corrected chi connectivity index (χ1v) is 12.2. The molecule has 0 spiro atoms. The van der Waals surface area contributed by atoms with Crippen LogP contribution in [-0.2, 0) is 0 Å². The van der Waals surface area contributed by atoms with E-state index in [0.717, 1.165) is 37.4 Å². The summed E-state index contributed by atoms with van der Waals surface area (Å²) in [5.74, 6) is 0.790. The second-order valence-electron chi connectivity index (χ2n) is 9.63. The zero-order chi connectivity index (χ0) is 24.8. The van der Waals surface area contributed by atoms with Gasteiger partial charge >= 0.3 is 6.01 Å². The van der Waals surface area contributed by atoms with Crippen molar-refractivity contribution >= 4 is 28.4 Å². The third-order valence-electron chi connectivity index (χ3n) is 6.86. The SMILES string of the molecule is Cc1cc2c(F)c(Oc3nc(Nc4cc(C5CC5)[nH]n4)cc(N4CCC(CO)CC4)n3)cc(F)c2[nH]1. The van der Waals surface area contributed by atoms with Crippen LogP contribution in [0.5, 0.6) is 11.8 Å². The van der Waals surface area contributed by atoms with Gasteiger partial charge < -0.3 is 25.0 Å². The molecule has 1 saturated carbocycles. The highest BCUT2D eigenvalue weighted by Gasteiger charge is 2.26. The van der Waals surface area contributed by atoms with E-state index in [0.29, 0.717) is 42.2 Å². The summed E-state index contributed by atoms with van der Waals surface area (Å²) in [5.41, 5.74) is 1.80. The topological polar surface area (TPSA) is 115 Å². The number of aliphatic hydroxyl groups excluding tert-OH is 1. The Hall–Kier alpha value is -3.73. The molecule has 9 nitrogen and oxygen atoms in total. The molecule has 4 heterocycles. The third-order valence-corrected chi connectivity index (χ3v) is 6.86. The van der Waals surface area contributed by atoms with Crippen LogP contribution in [0.2, 0.25) is 0 Å². The van der Waals surface area contributed by atoms with Gasteiger partial charge in [-0.3, -0.25) is 5.10 Å². The number of aromatic amines is 2. The number of aryl methyl sites for hydroxylation is 1. The van der Waals surface area contributed by atoms with Crippen LogP contribution >= 0.6 is 0 Å². The molecule has 0 amide bonds. The molecule has 4 aromatic rings. The number of benzene rings is 1. The standard InChI is InChI=1S/C25H27F2N7O2/c1-13-8-16-23(27)19(9-17(26)24(16)28-13)36-25-30-20(29-21-10-18(32-33-21)15-2-3-15)11-22(31-25)34-6-4-14(12-35)5-7-34/h8-11,14-15,28,35H,2-7,12H2,1H3,(H2,29,30,31,32,33). The predicted molar refractivity (Wildman–Crippen MR) is 131 cm³/mol. The van der Waals surface area contributed by atoms with E-state index in [2.05, 4.69) is 35.4 Å². The number of piperidine rings is 1.